The first kappa shape index (κ1) is 8.72. The number of aliphatic hydroxyl groups is 1. The third kappa shape index (κ3) is 1.08. The Bertz CT molecular complexity index is 214. The van der Waals surface area contributed by atoms with Gasteiger partial charge in [-0.2, -0.15) is 0 Å². The van der Waals surface area contributed by atoms with Crippen molar-refractivity contribution < 1.29 is 5.11 Å². The lowest BCUT2D eigenvalue weighted by molar-refractivity contribution is -0.142. The van der Waals surface area contributed by atoms with Gasteiger partial charge in [0.2, 0.25) is 0 Å². The molecule has 0 aromatic heterocycles. The highest BCUT2D eigenvalue weighted by Crippen LogP contribution is 2.60. The summed E-state index contributed by atoms with van der Waals surface area (Å²) in [4.78, 5) is 0. The highest BCUT2D eigenvalue weighted by atomic mass is 79.9. The van der Waals surface area contributed by atoms with Crippen LogP contribution in [0.3, 0.4) is 0 Å². The van der Waals surface area contributed by atoms with E-state index in [0.29, 0.717) is 5.92 Å². The third-order valence-corrected chi connectivity index (χ3v) is 5.79. The Labute approximate surface area is 88.0 Å². The van der Waals surface area contributed by atoms with Crippen LogP contribution in [0.1, 0.15) is 32.1 Å². The summed E-state index contributed by atoms with van der Waals surface area (Å²) >= 11 is 3.62. The van der Waals surface area contributed by atoms with Gasteiger partial charge in [0.15, 0.2) is 0 Å². The van der Waals surface area contributed by atoms with Crippen molar-refractivity contribution in [2.75, 3.05) is 5.33 Å². The minimum atomic E-state index is -0.000301. The Kier molecular flexibility index (Phi) is 1.83. The maximum absolute atomic E-state index is 10.2. The van der Waals surface area contributed by atoms with E-state index in [1.807, 2.05) is 0 Å². The van der Waals surface area contributed by atoms with Gasteiger partial charge in [0, 0.05) is 10.7 Å². The maximum Gasteiger partial charge on any atom is 0.0632 e. The van der Waals surface area contributed by atoms with Crippen molar-refractivity contribution >= 4 is 15.9 Å². The van der Waals surface area contributed by atoms with Crippen molar-refractivity contribution in [1.29, 1.82) is 0 Å². The quantitative estimate of drug-likeness (QED) is 0.704. The fraction of sp³-hybridized carbons (Fsp3) is 1.00. The summed E-state index contributed by atoms with van der Waals surface area (Å²) in [6.07, 6.45) is 6.65. The zero-order valence-corrected chi connectivity index (χ0v) is 9.46. The summed E-state index contributed by atoms with van der Waals surface area (Å²) in [6.45, 7) is 0. The molecule has 0 spiro atoms. The summed E-state index contributed by atoms with van der Waals surface area (Å²) < 4.78 is 0. The number of aliphatic hydroxyl groups excluding tert-OH is 1. The van der Waals surface area contributed by atoms with Crippen molar-refractivity contribution in [3.05, 3.63) is 0 Å². The van der Waals surface area contributed by atoms with Gasteiger partial charge in [0.1, 0.15) is 0 Å². The molecule has 0 amide bonds. The lowest BCUT2D eigenvalue weighted by atomic mass is 9.49. The molecule has 0 radical (unpaired) electrons. The van der Waals surface area contributed by atoms with Crippen LogP contribution < -0.4 is 0 Å². The Hall–Kier alpha value is 0.440. The Morgan fingerprint density at radius 1 is 1.15 bits per heavy atom. The molecule has 13 heavy (non-hydrogen) atoms. The molecule has 4 saturated carbocycles. The molecule has 3 unspecified atom stereocenters. The van der Waals surface area contributed by atoms with E-state index < -0.39 is 0 Å². The van der Waals surface area contributed by atoms with Gasteiger partial charge in [0.25, 0.3) is 0 Å². The number of alkyl halides is 1. The highest BCUT2D eigenvalue weighted by Gasteiger charge is 2.55. The molecule has 0 aromatic rings. The molecule has 4 bridgehead atoms. The summed E-state index contributed by atoms with van der Waals surface area (Å²) in [5, 5.41) is 11.3. The maximum atomic E-state index is 10.2. The Morgan fingerprint density at radius 3 is 2.31 bits per heavy atom. The molecule has 0 heterocycles. The lowest BCUT2D eigenvalue weighted by Crippen LogP contribution is -2.56. The van der Waals surface area contributed by atoms with Crippen LogP contribution >= 0.6 is 15.9 Å². The van der Waals surface area contributed by atoms with Gasteiger partial charge in [-0.3, -0.25) is 0 Å². The molecule has 2 heteroatoms. The molecule has 4 aliphatic carbocycles. The monoisotopic (exact) mass is 244 g/mol. The molecule has 1 nitrogen and oxygen atoms in total. The molecular weight excluding hydrogens is 228 g/mol. The molecule has 4 rings (SSSR count). The molecule has 0 aromatic carbocycles. The predicted octanol–water partition coefficient (Wildman–Crippen LogP) is 2.57. The molecular formula is C11H17BrO. The second kappa shape index (κ2) is 2.73. The molecule has 0 aliphatic heterocycles. The van der Waals surface area contributed by atoms with Crippen LogP contribution in [0, 0.1) is 23.2 Å². The molecule has 4 aliphatic rings. The van der Waals surface area contributed by atoms with Crippen molar-refractivity contribution in [3.63, 3.8) is 0 Å². The van der Waals surface area contributed by atoms with Crippen LogP contribution in [-0.2, 0) is 0 Å². The summed E-state index contributed by atoms with van der Waals surface area (Å²) in [7, 11) is 0. The summed E-state index contributed by atoms with van der Waals surface area (Å²) in [5.74, 6) is 2.53. The van der Waals surface area contributed by atoms with E-state index in [4.69, 9.17) is 0 Å². The fourth-order valence-corrected chi connectivity index (χ4v) is 5.16. The first-order valence-electron chi connectivity index (χ1n) is 5.47. The molecule has 5 atom stereocenters. The van der Waals surface area contributed by atoms with Crippen LogP contribution in [0.5, 0.6) is 0 Å². The van der Waals surface area contributed by atoms with E-state index in [0.717, 1.165) is 17.2 Å². The zero-order valence-electron chi connectivity index (χ0n) is 7.88. The van der Waals surface area contributed by atoms with Crippen LogP contribution in [0.15, 0.2) is 0 Å². The SMILES string of the molecule is OC1C2C[C@@H]3C[C@H](C2)CC1(CBr)C3. The van der Waals surface area contributed by atoms with Crippen molar-refractivity contribution in [3.8, 4) is 0 Å². The average Bonchev–Trinajstić information content (AvgIpc) is 2.12. The second-order valence-electron chi connectivity index (χ2n) is 5.55. The lowest BCUT2D eigenvalue weighted by Gasteiger charge is -2.59. The second-order valence-corrected chi connectivity index (χ2v) is 6.11. The Balaban J connectivity index is 1.95. The topological polar surface area (TPSA) is 20.2 Å². The van der Waals surface area contributed by atoms with Crippen LogP contribution in [0.2, 0.25) is 0 Å². The average molecular weight is 245 g/mol. The number of hydrogen-bond acceptors (Lipinski definition) is 1. The first-order valence-corrected chi connectivity index (χ1v) is 6.60. The standard InChI is InChI=1S/C11H17BrO/c12-6-11-4-7-1-8(5-11)3-9(2-7)10(11)13/h7-10,13H,1-6H2/t7-,8+,9?,10?,11?. The van der Waals surface area contributed by atoms with Crippen LogP contribution in [-0.4, -0.2) is 16.5 Å². The van der Waals surface area contributed by atoms with Gasteiger partial charge in [0.05, 0.1) is 6.10 Å². The number of rotatable bonds is 1. The van der Waals surface area contributed by atoms with Gasteiger partial charge >= 0.3 is 0 Å². The fourth-order valence-electron chi connectivity index (χ4n) is 4.37. The van der Waals surface area contributed by atoms with Gasteiger partial charge in [-0.15, -0.1) is 0 Å². The first-order chi connectivity index (χ1) is 6.23. The Morgan fingerprint density at radius 2 is 1.77 bits per heavy atom. The predicted molar refractivity (Wildman–Crippen MR) is 55.8 cm³/mol. The van der Waals surface area contributed by atoms with Gasteiger partial charge in [-0.1, -0.05) is 15.9 Å². The molecule has 1 N–H and O–H groups in total. The van der Waals surface area contributed by atoms with Crippen molar-refractivity contribution in [2.45, 2.75) is 38.2 Å². The van der Waals surface area contributed by atoms with Gasteiger partial charge in [-0.05, 0) is 49.9 Å². The van der Waals surface area contributed by atoms with E-state index in [1.165, 1.54) is 32.1 Å². The van der Waals surface area contributed by atoms with E-state index in [1.54, 1.807) is 0 Å². The largest absolute Gasteiger partial charge is 0.392 e. The van der Waals surface area contributed by atoms with Gasteiger partial charge in [-0.25, -0.2) is 0 Å². The summed E-state index contributed by atoms with van der Waals surface area (Å²) in [5.41, 5.74) is 0.273. The minimum Gasteiger partial charge on any atom is -0.392 e. The van der Waals surface area contributed by atoms with E-state index in [9.17, 15) is 5.11 Å². The smallest absolute Gasteiger partial charge is 0.0632 e. The number of halogens is 1. The van der Waals surface area contributed by atoms with Crippen LogP contribution in [0.25, 0.3) is 0 Å². The molecule has 74 valence electrons. The minimum absolute atomic E-state index is 0.000301. The zero-order chi connectivity index (χ0) is 9.05. The highest BCUT2D eigenvalue weighted by molar-refractivity contribution is 9.09. The molecule has 0 saturated heterocycles. The van der Waals surface area contributed by atoms with E-state index in [-0.39, 0.29) is 11.5 Å². The normalized spacial score (nSPS) is 58.6. The van der Waals surface area contributed by atoms with Crippen molar-refractivity contribution in [1.82, 2.24) is 0 Å². The summed E-state index contributed by atoms with van der Waals surface area (Å²) in [6, 6.07) is 0. The third-order valence-electron chi connectivity index (χ3n) is 4.67. The van der Waals surface area contributed by atoms with E-state index >= 15 is 0 Å². The number of hydrogen-bond donors (Lipinski definition) is 1. The van der Waals surface area contributed by atoms with Gasteiger partial charge < -0.3 is 5.11 Å². The van der Waals surface area contributed by atoms with E-state index in [2.05, 4.69) is 15.9 Å². The van der Waals surface area contributed by atoms with Crippen molar-refractivity contribution in [2.24, 2.45) is 23.2 Å². The van der Waals surface area contributed by atoms with Crippen LogP contribution in [0.4, 0.5) is 0 Å². The molecule has 4 fully saturated rings.